The van der Waals surface area contributed by atoms with Crippen LogP contribution in [0.5, 0.6) is 5.75 Å². The third-order valence-electron chi connectivity index (χ3n) is 2.76. The normalized spacial score (nSPS) is 12.2. The predicted molar refractivity (Wildman–Crippen MR) is 72.2 cm³/mol. The zero-order valence-corrected chi connectivity index (χ0v) is 12.0. The summed E-state index contributed by atoms with van der Waals surface area (Å²) >= 11 is 0. The van der Waals surface area contributed by atoms with Crippen molar-refractivity contribution < 1.29 is 30.2 Å². The summed E-state index contributed by atoms with van der Waals surface area (Å²) in [5.41, 5.74) is -4.35. The van der Waals surface area contributed by atoms with Crippen molar-refractivity contribution in [1.29, 1.82) is 0 Å². The fraction of sp³-hybridized carbons (Fsp3) is 0.143. The molecule has 0 aliphatic rings. The van der Waals surface area contributed by atoms with E-state index in [1.807, 2.05) is 0 Å². The average Bonchev–Trinajstić information content (AvgIpc) is 2.37. The van der Waals surface area contributed by atoms with Gasteiger partial charge in [-0.3, -0.25) is 0 Å². The van der Waals surface area contributed by atoms with Crippen LogP contribution in [-0.2, 0) is 10.1 Å². The lowest BCUT2D eigenvalue weighted by molar-refractivity contribution is -0.0499. The van der Waals surface area contributed by atoms with Gasteiger partial charge < -0.3 is 4.18 Å². The minimum Gasteiger partial charge on any atom is -0.375 e. The molecule has 0 aromatic heterocycles. The monoisotopic (exact) mass is 334 g/mol. The first-order valence-electron chi connectivity index (χ1n) is 5.97. The molecular weight excluding hydrogens is 324 g/mol. The molecule has 0 bridgehead atoms. The molecule has 0 spiro atoms. The maximum atomic E-state index is 13.3. The molecule has 2 aromatic rings. The van der Waals surface area contributed by atoms with Crippen molar-refractivity contribution in [3.63, 3.8) is 0 Å². The second kappa shape index (κ2) is 5.60. The maximum absolute atomic E-state index is 13.3. The van der Waals surface area contributed by atoms with Crippen molar-refractivity contribution >= 4 is 10.1 Å². The number of hydrogen-bond donors (Lipinski definition) is 0. The summed E-state index contributed by atoms with van der Waals surface area (Å²) < 4.78 is 76.8. The highest BCUT2D eigenvalue weighted by atomic mass is 32.2. The molecule has 2 rings (SSSR count). The highest BCUT2D eigenvalue weighted by Gasteiger charge is 2.48. The molecule has 0 N–H and O–H groups in total. The van der Waals surface area contributed by atoms with E-state index in [-0.39, 0.29) is 5.56 Å². The van der Waals surface area contributed by atoms with Crippen molar-refractivity contribution in [2.75, 3.05) is 0 Å². The van der Waals surface area contributed by atoms with Gasteiger partial charge in [-0.25, -0.2) is 4.39 Å². The topological polar surface area (TPSA) is 43.4 Å². The summed E-state index contributed by atoms with van der Waals surface area (Å²) in [6.07, 6.45) is 0. The van der Waals surface area contributed by atoms with E-state index in [1.165, 1.54) is 0 Å². The maximum Gasteiger partial charge on any atom is 0.534 e. The molecule has 0 atom stereocenters. The Labute approximate surface area is 124 Å². The Morgan fingerprint density at radius 1 is 1.05 bits per heavy atom. The number of halogens is 4. The first-order valence-corrected chi connectivity index (χ1v) is 7.38. The average molecular weight is 334 g/mol. The number of aryl methyl sites for hydroxylation is 1. The number of benzene rings is 2. The van der Waals surface area contributed by atoms with Gasteiger partial charge in [-0.2, -0.15) is 21.6 Å². The van der Waals surface area contributed by atoms with Gasteiger partial charge in [-0.05, 0) is 24.6 Å². The highest BCUT2D eigenvalue weighted by Crippen LogP contribution is 2.35. The first kappa shape index (κ1) is 16.3. The molecule has 0 amide bonds. The van der Waals surface area contributed by atoms with Crippen molar-refractivity contribution in [1.82, 2.24) is 0 Å². The quantitative estimate of drug-likeness (QED) is 0.483. The van der Waals surface area contributed by atoms with Crippen LogP contribution in [0, 0.1) is 12.7 Å². The minimum atomic E-state index is -5.87. The van der Waals surface area contributed by atoms with Crippen molar-refractivity contribution in [3.05, 3.63) is 53.8 Å². The Morgan fingerprint density at radius 2 is 1.73 bits per heavy atom. The second-order valence-corrected chi connectivity index (χ2v) is 6.03. The van der Waals surface area contributed by atoms with Crippen LogP contribution < -0.4 is 4.18 Å². The number of alkyl halides is 3. The third kappa shape index (κ3) is 3.38. The van der Waals surface area contributed by atoms with E-state index < -0.39 is 27.2 Å². The molecule has 0 fully saturated rings. The Bertz CT molecular complexity index is 798. The fourth-order valence-corrected chi connectivity index (χ4v) is 2.25. The lowest BCUT2D eigenvalue weighted by atomic mass is 10.0. The molecule has 0 radical (unpaired) electrons. The second-order valence-electron chi connectivity index (χ2n) is 4.49. The van der Waals surface area contributed by atoms with E-state index in [1.54, 1.807) is 31.2 Å². The van der Waals surface area contributed by atoms with Crippen LogP contribution in [0.25, 0.3) is 11.1 Å². The Balaban J connectivity index is 2.55. The first-order chi connectivity index (χ1) is 10.1. The largest absolute Gasteiger partial charge is 0.534 e. The molecule has 8 heteroatoms. The van der Waals surface area contributed by atoms with Gasteiger partial charge >= 0.3 is 15.6 Å². The van der Waals surface area contributed by atoms with E-state index in [0.717, 1.165) is 17.7 Å². The lowest BCUT2D eigenvalue weighted by Gasteiger charge is -2.13. The molecular formula is C14H10F4O3S. The molecule has 22 heavy (non-hydrogen) atoms. The fourth-order valence-electron chi connectivity index (χ4n) is 1.78. The van der Waals surface area contributed by atoms with Crippen LogP contribution >= 0.6 is 0 Å². The van der Waals surface area contributed by atoms with Crippen LogP contribution in [-0.4, -0.2) is 13.9 Å². The SMILES string of the molecule is Cc1cccc(-c2ccc(F)cc2OS(=O)(=O)C(F)(F)F)c1. The summed E-state index contributed by atoms with van der Waals surface area (Å²) in [5, 5.41) is 0. The Morgan fingerprint density at radius 3 is 2.32 bits per heavy atom. The van der Waals surface area contributed by atoms with Gasteiger partial charge in [0.25, 0.3) is 0 Å². The molecule has 0 heterocycles. The smallest absolute Gasteiger partial charge is 0.375 e. The van der Waals surface area contributed by atoms with Gasteiger partial charge in [0.15, 0.2) is 5.75 Å². The summed E-state index contributed by atoms with van der Waals surface area (Å²) in [4.78, 5) is 0. The lowest BCUT2D eigenvalue weighted by Crippen LogP contribution is -2.28. The summed E-state index contributed by atoms with van der Waals surface area (Å²) in [7, 11) is -5.87. The van der Waals surface area contributed by atoms with Gasteiger partial charge in [-0.15, -0.1) is 0 Å². The molecule has 0 aliphatic heterocycles. The summed E-state index contributed by atoms with van der Waals surface area (Å²) in [6, 6.07) is 9.31. The van der Waals surface area contributed by atoms with Gasteiger partial charge in [0.05, 0.1) is 0 Å². The standard InChI is InChI=1S/C14H10F4O3S/c1-9-3-2-4-10(7-9)12-6-5-11(15)8-13(12)21-22(19,20)14(16,17)18/h2-8H,1H3. The van der Waals surface area contributed by atoms with E-state index >= 15 is 0 Å². The molecule has 2 aromatic carbocycles. The van der Waals surface area contributed by atoms with Crippen LogP contribution in [0.15, 0.2) is 42.5 Å². The van der Waals surface area contributed by atoms with E-state index in [2.05, 4.69) is 4.18 Å². The van der Waals surface area contributed by atoms with E-state index in [4.69, 9.17) is 0 Å². The Hall–Kier alpha value is -2.09. The van der Waals surface area contributed by atoms with Gasteiger partial charge in [0, 0.05) is 11.6 Å². The number of rotatable bonds is 3. The van der Waals surface area contributed by atoms with Crippen LogP contribution in [0.2, 0.25) is 0 Å². The van der Waals surface area contributed by atoms with Crippen molar-refractivity contribution in [3.8, 4) is 16.9 Å². The number of hydrogen-bond acceptors (Lipinski definition) is 3. The molecule has 0 saturated heterocycles. The van der Waals surface area contributed by atoms with Crippen molar-refractivity contribution in [2.45, 2.75) is 12.4 Å². The molecule has 0 aliphatic carbocycles. The van der Waals surface area contributed by atoms with Crippen LogP contribution in [0.1, 0.15) is 5.56 Å². The van der Waals surface area contributed by atoms with Gasteiger partial charge in [0.1, 0.15) is 5.82 Å². The summed E-state index contributed by atoms with van der Waals surface area (Å²) in [6.45, 7) is 1.75. The minimum absolute atomic E-state index is 0.0397. The zero-order chi connectivity index (χ0) is 16.5. The van der Waals surface area contributed by atoms with Crippen LogP contribution in [0.3, 0.4) is 0 Å². The molecule has 0 saturated carbocycles. The van der Waals surface area contributed by atoms with Crippen LogP contribution in [0.4, 0.5) is 17.6 Å². The third-order valence-corrected chi connectivity index (χ3v) is 3.72. The summed E-state index contributed by atoms with van der Waals surface area (Å²) in [5.74, 6) is -1.63. The molecule has 118 valence electrons. The van der Waals surface area contributed by atoms with Gasteiger partial charge in [0.2, 0.25) is 0 Å². The highest BCUT2D eigenvalue weighted by molar-refractivity contribution is 7.88. The Kier molecular flexibility index (Phi) is 4.15. The predicted octanol–water partition coefficient (Wildman–Crippen LogP) is 4.03. The van der Waals surface area contributed by atoms with Gasteiger partial charge in [-0.1, -0.05) is 29.8 Å². The zero-order valence-electron chi connectivity index (χ0n) is 11.2. The van der Waals surface area contributed by atoms with E-state index in [0.29, 0.717) is 11.6 Å². The molecule has 3 nitrogen and oxygen atoms in total. The van der Waals surface area contributed by atoms with Crippen molar-refractivity contribution in [2.24, 2.45) is 0 Å². The molecule has 0 unspecified atom stereocenters. The van der Waals surface area contributed by atoms with E-state index in [9.17, 15) is 26.0 Å².